The van der Waals surface area contributed by atoms with E-state index >= 15 is 0 Å². The van der Waals surface area contributed by atoms with Crippen molar-refractivity contribution in [2.24, 2.45) is 0 Å². The van der Waals surface area contributed by atoms with Gasteiger partial charge in [-0.25, -0.2) is 0 Å². The first-order valence-corrected chi connectivity index (χ1v) is 8.67. The van der Waals surface area contributed by atoms with Gasteiger partial charge in [0.2, 0.25) is 12.7 Å². The Balaban J connectivity index is 1.56. The number of hydrogen-bond acceptors (Lipinski definition) is 4. The third-order valence-corrected chi connectivity index (χ3v) is 4.54. The van der Waals surface area contributed by atoms with E-state index in [0.717, 1.165) is 22.4 Å². The number of amides is 1. The zero-order chi connectivity index (χ0) is 18.7. The molecule has 2 aromatic carbocycles. The van der Waals surface area contributed by atoms with Crippen molar-refractivity contribution in [3.8, 4) is 11.5 Å². The number of benzene rings is 2. The fourth-order valence-electron chi connectivity index (χ4n) is 2.98. The monoisotopic (exact) mass is 353 g/mol. The fraction of sp³-hybridized carbons (Fsp3) is 0.333. The van der Waals surface area contributed by atoms with Gasteiger partial charge < -0.3 is 14.4 Å². The molecule has 5 nitrogen and oxygen atoms in total. The second kappa shape index (κ2) is 7.60. The molecule has 0 saturated carbocycles. The highest BCUT2D eigenvalue weighted by molar-refractivity contribution is 5.99. The van der Waals surface area contributed by atoms with Crippen LogP contribution in [0.3, 0.4) is 0 Å². The molecule has 0 fully saturated rings. The zero-order valence-electron chi connectivity index (χ0n) is 15.4. The quantitative estimate of drug-likeness (QED) is 0.744. The molecule has 1 aliphatic rings. The number of carbonyl (C=O) groups excluding carboxylic acids is 2. The number of hydrogen-bond donors (Lipinski definition) is 0. The minimum absolute atomic E-state index is 0.0102. The van der Waals surface area contributed by atoms with E-state index in [0.29, 0.717) is 17.9 Å². The second-order valence-electron chi connectivity index (χ2n) is 6.68. The highest BCUT2D eigenvalue weighted by Gasteiger charge is 2.17. The number of Topliss-reactive ketones (excluding diaryl/α,β-unsaturated/α-hetero) is 1. The molecule has 0 unspecified atom stereocenters. The fourth-order valence-corrected chi connectivity index (χ4v) is 2.98. The first kappa shape index (κ1) is 18.0. The topological polar surface area (TPSA) is 55.8 Å². The van der Waals surface area contributed by atoms with Crippen LogP contribution >= 0.6 is 0 Å². The lowest BCUT2D eigenvalue weighted by Gasteiger charge is -2.17. The highest BCUT2D eigenvalue weighted by Crippen LogP contribution is 2.32. The summed E-state index contributed by atoms with van der Waals surface area (Å²) in [5, 5.41) is 0. The minimum Gasteiger partial charge on any atom is -0.454 e. The number of nitrogens with zero attached hydrogens (tertiary/aromatic N) is 1. The lowest BCUT2D eigenvalue weighted by atomic mass is 9.99. The molecule has 0 aliphatic carbocycles. The third kappa shape index (κ3) is 4.04. The Hall–Kier alpha value is -2.82. The van der Waals surface area contributed by atoms with Gasteiger partial charge in [-0.2, -0.15) is 0 Å². The van der Waals surface area contributed by atoms with Gasteiger partial charge in [-0.1, -0.05) is 23.8 Å². The van der Waals surface area contributed by atoms with Gasteiger partial charge in [-0.15, -0.1) is 0 Å². The maximum atomic E-state index is 12.4. The van der Waals surface area contributed by atoms with Crippen molar-refractivity contribution in [3.05, 3.63) is 58.7 Å². The van der Waals surface area contributed by atoms with Crippen LogP contribution in [0.4, 0.5) is 0 Å². The summed E-state index contributed by atoms with van der Waals surface area (Å²) < 4.78 is 10.7. The first-order valence-electron chi connectivity index (χ1n) is 8.67. The molecule has 5 heteroatoms. The maximum absolute atomic E-state index is 12.4. The Kier molecular flexibility index (Phi) is 5.26. The number of carbonyl (C=O) groups is 2. The lowest BCUT2D eigenvalue weighted by molar-refractivity contribution is -0.130. The summed E-state index contributed by atoms with van der Waals surface area (Å²) in [5.41, 5.74) is 3.66. The standard InChI is InChI=1S/C21H23NO4/c1-14-4-5-15(2)17(10-14)18(23)7-9-21(24)22(3)12-16-6-8-19-20(11-16)26-13-25-19/h4-6,8,10-11H,7,9,12-13H2,1-3H3. The Morgan fingerprint density at radius 1 is 1.00 bits per heavy atom. The van der Waals surface area contributed by atoms with Crippen LogP contribution in [0, 0.1) is 13.8 Å². The summed E-state index contributed by atoms with van der Waals surface area (Å²) in [6.45, 7) is 4.57. The van der Waals surface area contributed by atoms with Crippen LogP contribution in [0.25, 0.3) is 0 Å². The summed E-state index contributed by atoms with van der Waals surface area (Å²) in [6, 6.07) is 11.5. The summed E-state index contributed by atoms with van der Waals surface area (Å²) in [7, 11) is 1.75. The number of ether oxygens (including phenoxy) is 2. The van der Waals surface area contributed by atoms with Crippen LogP contribution in [-0.4, -0.2) is 30.4 Å². The summed E-state index contributed by atoms with van der Waals surface area (Å²) in [5.74, 6) is 1.38. The summed E-state index contributed by atoms with van der Waals surface area (Å²) in [6.07, 6.45) is 0.419. The van der Waals surface area contributed by atoms with Crippen LogP contribution in [0.15, 0.2) is 36.4 Å². The van der Waals surface area contributed by atoms with E-state index in [9.17, 15) is 9.59 Å². The molecule has 1 amide bonds. The van der Waals surface area contributed by atoms with Crippen LogP contribution in [0.5, 0.6) is 11.5 Å². The molecular weight excluding hydrogens is 330 g/mol. The third-order valence-electron chi connectivity index (χ3n) is 4.54. The number of ketones is 1. The molecule has 0 saturated heterocycles. The van der Waals surface area contributed by atoms with Crippen molar-refractivity contribution < 1.29 is 19.1 Å². The Morgan fingerprint density at radius 3 is 2.58 bits per heavy atom. The zero-order valence-corrected chi connectivity index (χ0v) is 15.4. The van der Waals surface area contributed by atoms with E-state index in [1.165, 1.54) is 0 Å². The van der Waals surface area contributed by atoms with Crippen molar-refractivity contribution >= 4 is 11.7 Å². The van der Waals surface area contributed by atoms with Crippen LogP contribution in [0.1, 0.15) is 39.9 Å². The SMILES string of the molecule is Cc1ccc(C)c(C(=O)CCC(=O)N(C)Cc2ccc3c(c2)OCO3)c1. The number of rotatable bonds is 6. The largest absolute Gasteiger partial charge is 0.454 e. The number of aryl methyl sites for hydroxylation is 2. The molecular formula is C21H23NO4. The van der Waals surface area contributed by atoms with E-state index in [2.05, 4.69) is 0 Å². The van der Waals surface area contributed by atoms with E-state index in [-0.39, 0.29) is 31.3 Å². The molecule has 0 aromatic heterocycles. The summed E-state index contributed by atoms with van der Waals surface area (Å²) in [4.78, 5) is 26.4. The van der Waals surface area contributed by atoms with Gasteiger partial charge in [-0.3, -0.25) is 9.59 Å². The van der Waals surface area contributed by atoms with Crippen molar-refractivity contribution in [1.82, 2.24) is 4.90 Å². The van der Waals surface area contributed by atoms with Gasteiger partial charge in [0.1, 0.15) is 0 Å². The smallest absolute Gasteiger partial charge is 0.231 e. The Morgan fingerprint density at radius 2 is 1.77 bits per heavy atom. The van der Waals surface area contributed by atoms with Crippen LogP contribution in [0.2, 0.25) is 0 Å². The average molecular weight is 353 g/mol. The molecule has 1 heterocycles. The second-order valence-corrected chi connectivity index (χ2v) is 6.68. The predicted octanol–water partition coefficient (Wildman–Crippen LogP) is 3.65. The predicted molar refractivity (Wildman–Crippen MR) is 98.5 cm³/mol. The van der Waals surface area contributed by atoms with Gasteiger partial charge in [0, 0.05) is 32.0 Å². The Bertz CT molecular complexity index is 844. The van der Waals surface area contributed by atoms with Crippen molar-refractivity contribution in [3.63, 3.8) is 0 Å². The van der Waals surface area contributed by atoms with E-state index in [4.69, 9.17) is 9.47 Å². The molecule has 0 bridgehead atoms. The molecule has 2 aromatic rings. The molecule has 136 valence electrons. The van der Waals surface area contributed by atoms with Gasteiger partial charge in [0.05, 0.1) is 0 Å². The summed E-state index contributed by atoms with van der Waals surface area (Å²) >= 11 is 0. The molecule has 0 atom stereocenters. The molecule has 1 aliphatic heterocycles. The molecule has 0 radical (unpaired) electrons. The number of fused-ring (bicyclic) bond motifs is 1. The van der Waals surface area contributed by atoms with Crippen LogP contribution in [-0.2, 0) is 11.3 Å². The van der Waals surface area contributed by atoms with Gasteiger partial charge in [-0.05, 0) is 43.2 Å². The van der Waals surface area contributed by atoms with Gasteiger partial charge >= 0.3 is 0 Å². The van der Waals surface area contributed by atoms with E-state index < -0.39 is 0 Å². The maximum Gasteiger partial charge on any atom is 0.231 e. The van der Waals surface area contributed by atoms with Crippen LogP contribution < -0.4 is 9.47 Å². The Labute approximate surface area is 153 Å². The molecule has 0 N–H and O–H groups in total. The minimum atomic E-state index is -0.0543. The van der Waals surface area contributed by atoms with Gasteiger partial charge in [0.15, 0.2) is 17.3 Å². The molecule has 0 spiro atoms. The molecule has 3 rings (SSSR count). The van der Waals surface area contributed by atoms with Crippen molar-refractivity contribution in [2.75, 3.05) is 13.8 Å². The first-order chi connectivity index (χ1) is 12.4. The van der Waals surface area contributed by atoms with E-state index in [1.54, 1.807) is 11.9 Å². The van der Waals surface area contributed by atoms with Crippen molar-refractivity contribution in [1.29, 1.82) is 0 Å². The highest BCUT2D eigenvalue weighted by atomic mass is 16.7. The van der Waals surface area contributed by atoms with Crippen molar-refractivity contribution in [2.45, 2.75) is 33.2 Å². The van der Waals surface area contributed by atoms with E-state index in [1.807, 2.05) is 50.2 Å². The average Bonchev–Trinajstić information content (AvgIpc) is 3.09. The molecule has 26 heavy (non-hydrogen) atoms. The lowest BCUT2D eigenvalue weighted by Crippen LogP contribution is -2.26. The normalized spacial score (nSPS) is 12.1. The van der Waals surface area contributed by atoms with Gasteiger partial charge in [0.25, 0.3) is 0 Å².